The van der Waals surface area contributed by atoms with Crippen LogP contribution in [0.15, 0.2) is 79.1 Å². The van der Waals surface area contributed by atoms with Crippen LogP contribution in [0.5, 0.6) is 0 Å². The van der Waals surface area contributed by atoms with Crippen LogP contribution in [-0.4, -0.2) is 25.5 Å². The highest BCUT2D eigenvalue weighted by Gasteiger charge is 2.17. The summed E-state index contributed by atoms with van der Waals surface area (Å²) in [7, 11) is 0. The second-order valence-electron chi connectivity index (χ2n) is 6.97. The summed E-state index contributed by atoms with van der Waals surface area (Å²) in [6.45, 7) is 2.39. The molecule has 0 radical (unpaired) electrons. The van der Waals surface area contributed by atoms with Gasteiger partial charge in [-0.25, -0.2) is 9.36 Å². The largest absolute Gasteiger partial charge is 0.347 e. The molecule has 30 heavy (non-hydrogen) atoms. The maximum absolute atomic E-state index is 12.8. The van der Waals surface area contributed by atoms with Crippen LogP contribution in [0.25, 0.3) is 21.6 Å². The number of fused-ring (bicyclic) bond motifs is 1. The molecule has 148 valence electrons. The number of para-hydroxylation sites is 2. The van der Waals surface area contributed by atoms with E-state index in [0.717, 1.165) is 32.8 Å². The van der Waals surface area contributed by atoms with Crippen molar-refractivity contribution in [1.82, 2.24) is 24.9 Å². The number of nitrogens with zero attached hydrogens (tertiary/aromatic N) is 4. The average molecular weight is 414 g/mol. The number of aromatic nitrogens is 4. The van der Waals surface area contributed by atoms with Gasteiger partial charge in [0.1, 0.15) is 4.83 Å². The number of carbonyl (C=O) groups excluding carboxylic acids is 1. The van der Waals surface area contributed by atoms with Crippen molar-refractivity contribution in [2.75, 3.05) is 0 Å². The lowest BCUT2D eigenvalue weighted by Crippen LogP contribution is -2.21. The number of thiophene rings is 1. The van der Waals surface area contributed by atoms with Gasteiger partial charge in [-0.05, 0) is 37.3 Å². The molecule has 0 atom stereocenters. The predicted molar refractivity (Wildman–Crippen MR) is 118 cm³/mol. The van der Waals surface area contributed by atoms with Crippen LogP contribution in [0.4, 0.5) is 0 Å². The molecule has 2 aromatic carbocycles. The Morgan fingerprint density at radius 2 is 1.73 bits per heavy atom. The maximum atomic E-state index is 12.8. The Balaban J connectivity index is 1.34. The maximum Gasteiger partial charge on any atom is 0.261 e. The van der Waals surface area contributed by atoms with Crippen molar-refractivity contribution in [1.29, 1.82) is 0 Å². The van der Waals surface area contributed by atoms with Gasteiger partial charge in [0.25, 0.3) is 5.91 Å². The number of nitrogens with one attached hydrogen (secondary N) is 1. The lowest BCUT2D eigenvalue weighted by molar-refractivity contribution is 0.0955. The molecule has 6 nitrogen and oxygen atoms in total. The van der Waals surface area contributed by atoms with E-state index in [1.165, 1.54) is 11.3 Å². The molecule has 0 saturated heterocycles. The number of aryl methyl sites for hydroxylation is 1. The molecule has 0 fully saturated rings. The number of hydrogen-bond acceptors (Lipinski definition) is 4. The minimum Gasteiger partial charge on any atom is -0.347 e. The lowest BCUT2D eigenvalue weighted by Gasteiger charge is -2.02. The third-order valence-electron chi connectivity index (χ3n) is 4.88. The van der Waals surface area contributed by atoms with E-state index in [9.17, 15) is 4.79 Å². The molecule has 5 aromatic rings. The summed E-state index contributed by atoms with van der Waals surface area (Å²) >= 11 is 1.45. The van der Waals surface area contributed by atoms with Crippen molar-refractivity contribution in [2.45, 2.75) is 13.5 Å². The van der Waals surface area contributed by atoms with Gasteiger partial charge in [-0.2, -0.15) is 10.2 Å². The summed E-state index contributed by atoms with van der Waals surface area (Å²) in [6, 6.07) is 21.8. The molecule has 0 aliphatic heterocycles. The Labute approximate surface area is 177 Å². The third kappa shape index (κ3) is 3.40. The van der Waals surface area contributed by atoms with Crippen LogP contribution < -0.4 is 5.32 Å². The SMILES string of the molecule is Cc1nn(-c2ccccc2)c2sc(C(=O)NCc3cnn(-c4ccccc4)c3)cc12. The van der Waals surface area contributed by atoms with Crippen molar-refractivity contribution in [2.24, 2.45) is 0 Å². The number of carbonyl (C=O) groups is 1. The summed E-state index contributed by atoms with van der Waals surface area (Å²) in [5.41, 5.74) is 3.83. The molecule has 0 saturated carbocycles. The Bertz CT molecular complexity index is 1320. The van der Waals surface area contributed by atoms with Gasteiger partial charge in [0.05, 0.1) is 28.1 Å². The quantitative estimate of drug-likeness (QED) is 0.461. The van der Waals surface area contributed by atoms with Gasteiger partial charge >= 0.3 is 0 Å². The monoisotopic (exact) mass is 413 g/mol. The van der Waals surface area contributed by atoms with Crippen LogP contribution in [0.1, 0.15) is 20.9 Å². The zero-order valence-corrected chi connectivity index (χ0v) is 17.1. The van der Waals surface area contributed by atoms with Crippen LogP contribution in [0.2, 0.25) is 0 Å². The van der Waals surface area contributed by atoms with Gasteiger partial charge < -0.3 is 5.32 Å². The van der Waals surface area contributed by atoms with Crippen molar-refractivity contribution < 1.29 is 4.79 Å². The van der Waals surface area contributed by atoms with Gasteiger partial charge in [0.2, 0.25) is 0 Å². The fraction of sp³-hybridized carbons (Fsp3) is 0.0870. The number of amides is 1. The fourth-order valence-corrected chi connectivity index (χ4v) is 4.45. The van der Waals surface area contributed by atoms with E-state index in [2.05, 4.69) is 15.5 Å². The molecular formula is C23H19N5OS. The van der Waals surface area contributed by atoms with Crippen molar-refractivity contribution in [3.63, 3.8) is 0 Å². The molecule has 0 spiro atoms. The lowest BCUT2D eigenvalue weighted by atomic mass is 10.3. The normalized spacial score (nSPS) is 11.1. The average Bonchev–Trinajstić information content (AvgIpc) is 3.50. The first-order valence-corrected chi connectivity index (χ1v) is 10.4. The highest BCUT2D eigenvalue weighted by Crippen LogP contribution is 2.30. The molecule has 0 bridgehead atoms. The highest BCUT2D eigenvalue weighted by atomic mass is 32.1. The second kappa shape index (κ2) is 7.61. The second-order valence-corrected chi connectivity index (χ2v) is 8.00. The van der Waals surface area contributed by atoms with Crippen LogP contribution >= 0.6 is 11.3 Å². The topological polar surface area (TPSA) is 64.7 Å². The standard InChI is InChI=1S/C23H19N5OS/c1-16-20-12-21(30-23(20)28(26-16)19-10-6-3-7-11-19)22(29)24-13-17-14-25-27(15-17)18-8-4-2-5-9-18/h2-12,14-15H,13H2,1H3,(H,24,29). The smallest absolute Gasteiger partial charge is 0.261 e. The summed E-state index contributed by atoms with van der Waals surface area (Å²) in [5, 5.41) is 13.0. The molecule has 7 heteroatoms. The number of benzene rings is 2. The van der Waals surface area contributed by atoms with Crippen LogP contribution in [-0.2, 0) is 6.54 Å². The Morgan fingerprint density at radius 1 is 1.03 bits per heavy atom. The van der Waals surface area contributed by atoms with Crippen LogP contribution in [0, 0.1) is 6.92 Å². The van der Waals surface area contributed by atoms with Gasteiger partial charge in [0.15, 0.2) is 0 Å². The highest BCUT2D eigenvalue weighted by molar-refractivity contribution is 7.20. The first kappa shape index (κ1) is 18.3. The van der Waals surface area contributed by atoms with Crippen LogP contribution in [0.3, 0.4) is 0 Å². The minimum absolute atomic E-state index is 0.0947. The van der Waals surface area contributed by atoms with E-state index in [4.69, 9.17) is 0 Å². The van der Waals surface area contributed by atoms with Crippen molar-refractivity contribution in [3.05, 3.63) is 95.3 Å². The van der Waals surface area contributed by atoms with E-state index in [1.807, 2.05) is 84.5 Å². The molecule has 5 rings (SSSR count). The van der Waals surface area contributed by atoms with Crippen molar-refractivity contribution in [3.8, 4) is 11.4 Å². The van der Waals surface area contributed by atoms with Gasteiger partial charge in [-0.15, -0.1) is 11.3 Å². The number of rotatable bonds is 5. The van der Waals surface area contributed by atoms with Crippen molar-refractivity contribution >= 4 is 27.5 Å². The molecule has 3 aromatic heterocycles. The first-order chi connectivity index (χ1) is 14.7. The number of hydrogen-bond donors (Lipinski definition) is 1. The molecule has 0 unspecified atom stereocenters. The molecule has 3 heterocycles. The van der Waals surface area contributed by atoms with E-state index in [1.54, 1.807) is 10.9 Å². The van der Waals surface area contributed by atoms with E-state index < -0.39 is 0 Å². The molecule has 1 N–H and O–H groups in total. The van der Waals surface area contributed by atoms with Gasteiger partial charge in [0, 0.05) is 23.7 Å². The zero-order chi connectivity index (χ0) is 20.5. The third-order valence-corrected chi connectivity index (χ3v) is 5.99. The van der Waals surface area contributed by atoms with E-state index in [0.29, 0.717) is 11.4 Å². The Kier molecular flexibility index (Phi) is 4.65. The Hall–Kier alpha value is -3.71. The van der Waals surface area contributed by atoms with Gasteiger partial charge in [-0.1, -0.05) is 36.4 Å². The van der Waals surface area contributed by atoms with Gasteiger partial charge in [-0.3, -0.25) is 4.79 Å². The molecule has 1 amide bonds. The van der Waals surface area contributed by atoms with E-state index in [-0.39, 0.29) is 5.91 Å². The summed E-state index contributed by atoms with van der Waals surface area (Å²) in [4.78, 5) is 14.4. The summed E-state index contributed by atoms with van der Waals surface area (Å²) in [6.07, 6.45) is 3.70. The first-order valence-electron chi connectivity index (χ1n) is 9.61. The molecule has 0 aliphatic carbocycles. The predicted octanol–water partition coefficient (Wildman–Crippen LogP) is 4.51. The Morgan fingerprint density at radius 3 is 2.47 bits per heavy atom. The molecule has 0 aliphatic rings. The van der Waals surface area contributed by atoms with E-state index >= 15 is 0 Å². The minimum atomic E-state index is -0.0947. The fourth-order valence-electron chi connectivity index (χ4n) is 3.35. The zero-order valence-electron chi connectivity index (χ0n) is 16.3. The molecular weight excluding hydrogens is 394 g/mol. The summed E-state index contributed by atoms with van der Waals surface area (Å²) < 4.78 is 3.70. The summed E-state index contributed by atoms with van der Waals surface area (Å²) in [5.74, 6) is -0.0947.